The average molecular weight is 320 g/mol. The van der Waals surface area contributed by atoms with Crippen molar-refractivity contribution in [2.45, 2.75) is 45.1 Å². The molecule has 0 bridgehead atoms. The van der Waals surface area contributed by atoms with E-state index in [4.69, 9.17) is 4.74 Å². The van der Waals surface area contributed by atoms with Gasteiger partial charge in [0.2, 0.25) is 0 Å². The number of aliphatic hydroxyl groups is 1. The minimum Gasteiger partial charge on any atom is -0.496 e. The van der Waals surface area contributed by atoms with E-state index in [1.807, 2.05) is 31.2 Å². The number of rotatable bonds is 6. The van der Waals surface area contributed by atoms with Crippen molar-refractivity contribution in [2.24, 2.45) is 5.41 Å². The summed E-state index contributed by atoms with van der Waals surface area (Å²) in [6.45, 7) is 3.10. The molecule has 5 nitrogen and oxygen atoms in total. The predicted octanol–water partition coefficient (Wildman–Crippen LogP) is 2.48. The third kappa shape index (κ3) is 4.86. The van der Waals surface area contributed by atoms with E-state index in [2.05, 4.69) is 10.6 Å². The second-order valence-corrected chi connectivity index (χ2v) is 6.59. The monoisotopic (exact) mass is 320 g/mol. The van der Waals surface area contributed by atoms with E-state index in [9.17, 15) is 9.90 Å². The van der Waals surface area contributed by atoms with E-state index >= 15 is 0 Å². The maximum atomic E-state index is 11.9. The van der Waals surface area contributed by atoms with Crippen molar-refractivity contribution in [3.63, 3.8) is 0 Å². The molecule has 1 saturated carbocycles. The van der Waals surface area contributed by atoms with Crippen molar-refractivity contribution in [3.05, 3.63) is 29.8 Å². The molecule has 0 aliphatic heterocycles. The van der Waals surface area contributed by atoms with Crippen LogP contribution in [-0.2, 0) is 6.42 Å². The number of carbonyl (C=O) groups is 1. The molecular formula is C18H28N2O3. The third-order valence-electron chi connectivity index (χ3n) is 4.81. The molecular weight excluding hydrogens is 292 g/mol. The summed E-state index contributed by atoms with van der Waals surface area (Å²) in [4.78, 5) is 11.9. The van der Waals surface area contributed by atoms with Gasteiger partial charge in [-0.25, -0.2) is 4.79 Å². The second-order valence-electron chi connectivity index (χ2n) is 6.59. The first kappa shape index (κ1) is 17.6. The van der Waals surface area contributed by atoms with Gasteiger partial charge >= 0.3 is 6.03 Å². The van der Waals surface area contributed by atoms with Crippen LogP contribution >= 0.6 is 0 Å². The number of nitrogens with one attached hydrogen (secondary N) is 2. The highest BCUT2D eigenvalue weighted by Gasteiger charge is 2.35. The lowest BCUT2D eigenvalue weighted by atomic mass is 9.73. The number of urea groups is 1. The first-order valence-corrected chi connectivity index (χ1v) is 8.37. The topological polar surface area (TPSA) is 70.6 Å². The lowest BCUT2D eigenvalue weighted by Gasteiger charge is -2.38. The normalized spacial score (nSPS) is 24.0. The van der Waals surface area contributed by atoms with Crippen LogP contribution < -0.4 is 15.4 Å². The Bertz CT molecular complexity index is 521. The second kappa shape index (κ2) is 8.20. The van der Waals surface area contributed by atoms with E-state index in [1.54, 1.807) is 7.11 Å². The summed E-state index contributed by atoms with van der Waals surface area (Å²) in [5.74, 6) is 0.840. The van der Waals surface area contributed by atoms with E-state index in [0.29, 0.717) is 13.1 Å². The predicted molar refractivity (Wildman–Crippen MR) is 90.7 cm³/mol. The summed E-state index contributed by atoms with van der Waals surface area (Å²) < 4.78 is 5.30. The SMILES string of the molecule is COc1ccccc1CCNC(=O)NCC1(C)CCCCC1O. The number of para-hydroxylation sites is 1. The van der Waals surface area contributed by atoms with Crippen molar-refractivity contribution in [1.82, 2.24) is 10.6 Å². The van der Waals surface area contributed by atoms with Gasteiger partial charge in [-0.05, 0) is 30.9 Å². The fraction of sp³-hybridized carbons (Fsp3) is 0.611. The Morgan fingerprint density at radius 3 is 2.87 bits per heavy atom. The van der Waals surface area contributed by atoms with Crippen LogP contribution in [0.1, 0.15) is 38.2 Å². The third-order valence-corrected chi connectivity index (χ3v) is 4.81. The smallest absolute Gasteiger partial charge is 0.314 e. The molecule has 3 N–H and O–H groups in total. The first-order chi connectivity index (χ1) is 11.0. The maximum Gasteiger partial charge on any atom is 0.314 e. The Balaban J connectivity index is 1.73. The summed E-state index contributed by atoms with van der Waals surface area (Å²) >= 11 is 0. The standard InChI is InChI=1S/C18H28N2O3/c1-18(11-6-5-9-16(18)21)13-20-17(22)19-12-10-14-7-3-4-8-15(14)23-2/h3-4,7-8,16,21H,5-6,9-13H2,1-2H3,(H2,19,20,22). The summed E-state index contributed by atoms with van der Waals surface area (Å²) in [6.07, 6.45) is 4.36. The van der Waals surface area contributed by atoms with Gasteiger partial charge in [-0.15, -0.1) is 0 Å². The Hall–Kier alpha value is -1.75. The first-order valence-electron chi connectivity index (χ1n) is 8.37. The van der Waals surface area contributed by atoms with E-state index in [-0.39, 0.29) is 17.6 Å². The lowest BCUT2D eigenvalue weighted by Crippen LogP contribution is -2.47. The zero-order chi connectivity index (χ0) is 16.7. The highest BCUT2D eigenvalue weighted by atomic mass is 16.5. The molecule has 2 amide bonds. The average Bonchev–Trinajstić information content (AvgIpc) is 2.56. The van der Waals surface area contributed by atoms with Gasteiger partial charge in [-0.2, -0.15) is 0 Å². The Kier molecular flexibility index (Phi) is 6.28. The molecule has 2 atom stereocenters. The number of hydrogen-bond acceptors (Lipinski definition) is 3. The van der Waals surface area contributed by atoms with Crippen LogP contribution in [0.15, 0.2) is 24.3 Å². The molecule has 0 saturated heterocycles. The number of aliphatic hydroxyl groups excluding tert-OH is 1. The highest BCUT2D eigenvalue weighted by Crippen LogP contribution is 2.35. The zero-order valence-electron chi connectivity index (χ0n) is 14.1. The van der Waals surface area contributed by atoms with E-state index < -0.39 is 0 Å². The summed E-state index contributed by atoms with van der Waals surface area (Å²) in [5, 5.41) is 15.9. The van der Waals surface area contributed by atoms with Gasteiger partial charge < -0.3 is 20.5 Å². The molecule has 0 heterocycles. The molecule has 128 valence electrons. The van der Waals surface area contributed by atoms with Crippen LogP contribution in [0.3, 0.4) is 0 Å². The Morgan fingerprint density at radius 2 is 2.13 bits per heavy atom. The maximum absolute atomic E-state index is 11.9. The number of methoxy groups -OCH3 is 1. The molecule has 0 radical (unpaired) electrons. The van der Waals surface area contributed by atoms with Crippen molar-refractivity contribution in [2.75, 3.05) is 20.2 Å². The molecule has 1 fully saturated rings. The van der Waals surface area contributed by atoms with Crippen LogP contribution in [0.4, 0.5) is 4.79 Å². The number of ether oxygens (including phenoxy) is 1. The molecule has 0 spiro atoms. The summed E-state index contributed by atoms with van der Waals surface area (Å²) in [7, 11) is 1.65. The quantitative estimate of drug-likeness (QED) is 0.754. The zero-order valence-corrected chi connectivity index (χ0v) is 14.1. The molecule has 1 aliphatic rings. The van der Waals surface area contributed by atoms with Crippen LogP contribution in [-0.4, -0.2) is 37.4 Å². The largest absolute Gasteiger partial charge is 0.496 e. The van der Waals surface area contributed by atoms with Gasteiger partial charge in [0.15, 0.2) is 0 Å². The number of carbonyl (C=O) groups excluding carboxylic acids is 1. The van der Waals surface area contributed by atoms with E-state index in [0.717, 1.165) is 43.4 Å². The molecule has 2 rings (SSSR count). The molecule has 1 aromatic rings. The van der Waals surface area contributed by atoms with E-state index in [1.165, 1.54) is 0 Å². The minimum atomic E-state index is -0.329. The molecule has 0 aromatic heterocycles. The highest BCUT2D eigenvalue weighted by molar-refractivity contribution is 5.73. The van der Waals surface area contributed by atoms with Crippen LogP contribution in [0, 0.1) is 5.41 Å². The number of benzene rings is 1. The van der Waals surface area contributed by atoms with Crippen molar-refractivity contribution >= 4 is 6.03 Å². The van der Waals surface area contributed by atoms with Crippen molar-refractivity contribution < 1.29 is 14.6 Å². The Labute approximate surface area is 138 Å². The lowest BCUT2D eigenvalue weighted by molar-refractivity contribution is 0.00310. The van der Waals surface area contributed by atoms with Gasteiger partial charge in [-0.1, -0.05) is 38.0 Å². The number of hydrogen-bond donors (Lipinski definition) is 3. The van der Waals surface area contributed by atoms with Gasteiger partial charge in [-0.3, -0.25) is 0 Å². The fourth-order valence-corrected chi connectivity index (χ4v) is 3.15. The van der Waals surface area contributed by atoms with Gasteiger partial charge in [0.1, 0.15) is 5.75 Å². The molecule has 1 aliphatic carbocycles. The van der Waals surface area contributed by atoms with Crippen LogP contribution in [0.25, 0.3) is 0 Å². The number of amides is 2. The van der Waals surface area contributed by atoms with Crippen molar-refractivity contribution in [1.29, 1.82) is 0 Å². The van der Waals surface area contributed by atoms with Crippen LogP contribution in [0.5, 0.6) is 5.75 Å². The molecule has 23 heavy (non-hydrogen) atoms. The van der Waals surface area contributed by atoms with Crippen LogP contribution in [0.2, 0.25) is 0 Å². The fourth-order valence-electron chi connectivity index (χ4n) is 3.15. The van der Waals surface area contributed by atoms with Gasteiger partial charge in [0, 0.05) is 18.5 Å². The molecule has 2 unspecified atom stereocenters. The minimum absolute atomic E-state index is 0.182. The summed E-state index contributed by atoms with van der Waals surface area (Å²) in [6, 6.07) is 7.62. The molecule has 5 heteroatoms. The molecule has 1 aromatic carbocycles. The summed E-state index contributed by atoms with van der Waals surface area (Å²) in [5.41, 5.74) is 0.864. The van der Waals surface area contributed by atoms with Crippen molar-refractivity contribution in [3.8, 4) is 5.75 Å². The van der Waals surface area contributed by atoms with Gasteiger partial charge in [0.25, 0.3) is 0 Å². The van der Waals surface area contributed by atoms with Gasteiger partial charge in [0.05, 0.1) is 13.2 Å². The Morgan fingerprint density at radius 1 is 1.35 bits per heavy atom.